The molecule has 1 unspecified atom stereocenters. The molecule has 0 saturated heterocycles. The Bertz CT molecular complexity index is 828. The number of rotatable bonds is 5. The first kappa shape index (κ1) is 20.4. The molecule has 0 aromatic heterocycles. The van der Waals surface area contributed by atoms with Crippen LogP contribution in [0, 0.1) is 0 Å². The van der Waals surface area contributed by atoms with Gasteiger partial charge in [0, 0.05) is 25.9 Å². The van der Waals surface area contributed by atoms with Crippen molar-refractivity contribution in [3.8, 4) is 5.75 Å². The number of carbonyl (C=O) groups excluding carboxylic acids is 1. The van der Waals surface area contributed by atoms with Crippen LogP contribution in [0.25, 0.3) is 0 Å². The number of aliphatic hydroxyl groups excluding tert-OH is 1. The van der Waals surface area contributed by atoms with Crippen molar-refractivity contribution in [1.29, 1.82) is 0 Å². The SMILES string of the molecule is CC(=O)NCCOc1ccc(S(=O)(=O)C(F)(F)F)c2c1CC(F)(F)C2O.[HH]. The van der Waals surface area contributed by atoms with Crippen molar-refractivity contribution in [2.75, 3.05) is 13.2 Å². The topological polar surface area (TPSA) is 92.7 Å². The highest BCUT2D eigenvalue weighted by Gasteiger charge is 2.55. The number of sulfone groups is 1. The van der Waals surface area contributed by atoms with E-state index in [1.165, 1.54) is 6.92 Å². The van der Waals surface area contributed by atoms with Gasteiger partial charge in [-0.15, -0.1) is 0 Å². The van der Waals surface area contributed by atoms with Gasteiger partial charge < -0.3 is 15.2 Å². The number of nitrogens with one attached hydrogen (secondary N) is 1. The average Bonchev–Trinajstić information content (AvgIpc) is 2.73. The molecule has 1 aliphatic rings. The Balaban J connectivity index is 0.00000364. The van der Waals surface area contributed by atoms with Crippen LogP contribution < -0.4 is 10.1 Å². The van der Waals surface area contributed by atoms with Gasteiger partial charge in [-0.05, 0) is 12.1 Å². The molecule has 148 valence electrons. The number of carbonyl (C=O) groups is 1. The molecule has 0 heterocycles. The molecule has 2 N–H and O–H groups in total. The molecule has 6 nitrogen and oxygen atoms in total. The van der Waals surface area contributed by atoms with Gasteiger partial charge in [0.25, 0.3) is 15.8 Å². The molecule has 0 bridgehead atoms. The third kappa shape index (κ3) is 3.61. The van der Waals surface area contributed by atoms with Crippen molar-refractivity contribution < 1.29 is 46.4 Å². The zero-order valence-corrected chi connectivity index (χ0v) is 14.0. The molecule has 1 aromatic carbocycles. The van der Waals surface area contributed by atoms with E-state index in [1.54, 1.807) is 0 Å². The third-order valence-corrected chi connectivity index (χ3v) is 5.23. The molecule has 26 heavy (non-hydrogen) atoms. The van der Waals surface area contributed by atoms with E-state index in [0.29, 0.717) is 6.07 Å². The quantitative estimate of drug-likeness (QED) is 0.577. The lowest BCUT2D eigenvalue weighted by Crippen LogP contribution is -2.27. The monoisotopic (exact) mass is 405 g/mol. The highest BCUT2D eigenvalue weighted by atomic mass is 32.2. The zero-order chi connectivity index (χ0) is 19.9. The van der Waals surface area contributed by atoms with E-state index in [-0.39, 0.29) is 26.2 Å². The lowest BCUT2D eigenvalue weighted by atomic mass is 10.1. The number of halogens is 5. The van der Waals surface area contributed by atoms with Gasteiger partial charge in [0.2, 0.25) is 5.91 Å². The molecule has 0 aliphatic heterocycles. The van der Waals surface area contributed by atoms with Crippen LogP contribution in [0.5, 0.6) is 5.75 Å². The fourth-order valence-electron chi connectivity index (χ4n) is 2.53. The second-order valence-electron chi connectivity index (χ2n) is 5.58. The Morgan fingerprint density at radius 3 is 2.58 bits per heavy atom. The summed E-state index contributed by atoms with van der Waals surface area (Å²) in [5, 5.41) is 12.1. The summed E-state index contributed by atoms with van der Waals surface area (Å²) >= 11 is 0. The van der Waals surface area contributed by atoms with Crippen molar-refractivity contribution in [3.63, 3.8) is 0 Å². The number of hydrogen-bond donors (Lipinski definition) is 2. The molecular formula is C14H16F5NO5S. The van der Waals surface area contributed by atoms with E-state index in [0.717, 1.165) is 6.07 Å². The summed E-state index contributed by atoms with van der Waals surface area (Å²) in [7, 11) is -5.94. The van der Waals surface area contributed by atoms with Crippen molar-refractivity contribution in [2.24, 2.45) is 0 Å². The molecular weight excluding hydrogens is 389 g/mol. The highest BCUT2D eigenvalue weighted by molar-refractivity contribution is 7.92. The van der Waals surface area contributed by atoms with Gasteiger partial charge in [-0.3, -0.25) is 4.79 Å². The molecule has 1 amide bonds. The average molecular weight is 405 g/mol. The van der Waals surface area contributed by atoms with Gasteiger partial charge >= 0.3 is 5.51 Å². The standard InChI is InChI=1S/C14H14F5NO5S.H2/c1-7(21)20-4-5-25-9-2-3-10(26(23,24)14(17,18)19)11-8(9)6-13(15,16)12(11)22;/h2-3,12,22H,4-6H2,1H3,(H,20,21);1H. The van der Waals surface area contributed by atoms with Gasteiger partial charge in [0.05, 0.1) is 11.4 Å². The first-order valence-corrected chi connectivity index (χ1v) is 8.67. The molecule has 0 spiro atoms. The minimum atomic E-state index is -5.94. The first-order valence-electron chi connectivity index (χ1n) is 7.19. The van der Waals surface area contributed by atoms with Crippen LogP contribution in [0.2, 0.25) is 0 Å². The molecule has 12 heteroatoms. The van der Waals surface area contributed by atoms with Crippen LogP contribution in [0.1, 0.15) is 25.6 Å². The molecule has 1 atom stereocenters. The fourth-order valence-corrected chi connectivity index (χ4v) is 3.55. The van der Waals surface area contributed by atoms with Crippen molar-refractivity contribution in [3.05, 3.63) is 23.3 Å². The third-order valence-electron chi connectivity index (χ3n) is 3.69. The number of ether oxygens (including phenoxy) is 1. The molecule has 2 rings (SSSR count). The smallest absolute Gasteiger partial charge is 0.491 e. The Hall–Kier alpha value is -1.95. The molecule has 0 saturated carbocycles. The number of hydrogen-bond acceptors (Lipinski definition) is 5. The van der Waals surface area contributed by atoms with Crippen LogP contribution in [0.15, 0.2) is 17.0 Å². The summed E-state index contributed by atoms with van der Waals surface area (Å²) in [6.45, 7) is 1.02. The van der Waals surface area contributed by atoms with Crippen LogP contribution in [-0.4, -0.2) is 44.0 Å². The van der Waals surface area contributed by atoms with Gasteiger partial charge in [-0.25, -0.2) is 17.2 Å². The summed E-state index contributed by atoms with van der Waals surface area (Å²) in [6, 6.07) is 1.29. The maximum Gasteiger partial charge on any atom is 0.501 e. The Morgan fingerprint density at radius 1 is 1.42 bits per heavy atom. The van der Waals surface area contributed by atoms with Crippen molar-refractivity contribution >= 4 is 15.7 Å². The van der Waals surface area contributed by atoms with Gasteiger partial charge in [0.1, 0.15) is 18.5 Å². The second kappa shape index (κ2) is 6.65. The van der Waals surface area contributed by atoms with Crippen LogP contribution in [-0.2, 0) is 21.1 Å². The predicted molar refractivity (Wildman–Crippen MR) is 79.6 cm³/mol. The lowest BCUT2D eigenvalue weighted by Gasteiger charge is -2.17. The lowest BCUT2D eigenvalue weighted by molar-refractivity contribution is -0.119. The zero-order valence-electron chi connectivity index (χ0n) is 13.2. The van der Waals surface area contributed by atoms with E-state index in [1.807, 2.05) is 0 Å². The molecule has 0 fully saturated rings. The fraction of sp³-hybridized carbons (Fsp3) is 0.500. The highest BCUT2D eigenvalue weighted by Crippen LogP contribution is 2.50. The molecule has 1 aliphatic carbocycles. The normalized spacial score (nSPS) is 19.1. The van der Waals surface area contributed by atoms with Crippen LogP contribution >= 0.6 is 0 Å². The maximum atomic E-state index is 13.8. The van der Waals surface area contributed by atoms with Gasteiger partial charge in [-0.1, -0.05) is 0 Å². The Kier molecular flexibility index (Phi) is 5.21. The summed E-state index contributed by atoms with van der Waals surface area (Å²) in [4.78, 5) is 9.32. The van der Waals surface area contributed by atoms with E-state index in [4.69, 9.17) is 4.74 Å². The first-order chi connectivity index (χ1) is 11.8. The maximum absolute atomic E-state index is 13.8. The predicted octanol–water partition coefficient (Wildman–Crippen LogP) is 1.97. The number of aliphatic hydroxyl groups is 1. The Morgan fingerprint density at radius 2 is 2.04 bits per heavy atom. The second-order valence-corrected chi connectivity index (χ2v) is 7.48. The van der Waals surface area contributed by atoms with E-state index in [9.17, 15) is 40.3 Å². The number of amides is 1. The number of alkyl halides is 5. The van der Waals surface area contributed by atoms with Crippen molar-refractivity contribution in [2.45, 2.75) is 35.8 Å². The van der Waals surface area contributed by atoms with Crippen molar-refractivity contribution in [1.82, 2.24) is 5.32 Å². The summed E-state index contributed by atoms with van der Waals surface area (Å²) in [5.74, 6) is -4.52. The van der Waals surface area contributed by atoms with E-state index >= 15 is 0 Å². The van der Waals surface area contributed by atoms with Gasteiger partial charge in [-0.2, -0.15) is 13.2 Å². The van der Waals surface area contributed by atoms with E-state index in [2.05, 4.69) is 5.32 Å². The summed E-state index contributed by atoms with van der Waals surface area (Å²) in [5.41, 5.74) is -7.26. The minimum absolute atomic E-state index is 0. The Labute approximate surface area is 146 Å². The minimum Gasteiger partial charge on any atom is -0.491 e. The summed E-state index contributed by atoms with van der Waals surface area (Å²) in [6.07, 6.45) is -3.90. The molecule has 1 aromatic rings. The van der Waals surface area contributed by atoms with E-state index < -0.39 is 49.8 Å². The largest absolute Gasteiger partial charge is 0.501 e. The number of benzene rings is 1. The molecule has 0 radical (unpaired) electrons. The van der Waals surface area contributed by atoms with Gasteiger partial charge in [0.15, 0.2) is 0 Å². The number of fused-ring (bicyclic) bond motifs is 1. The van der Waals surface area contributed by atoms with Crippen LogP contribution in [0.3, 0.4) is 0 Å². The summed E-state index contributed by atoms with van der Waals surface area (Å²) < 4.78 is 94.5. The van der Waals surface area contributed by atoms with Crippen LogP contribution in [0.4, 0.5) is 22.0 Å².